The summed E-state index contributed by atoms with van der Waals surface area (Å²) in [4.78, 5) is 45.4. The fourth-order valence-corrected chi connectivity index (χ4v) is 8.97. The third kappa shape index (κ3) is 6.93. The molecule has 0 aromatic heterocycles. The Kier molecular flexibility index (Phi) is 9.96. The maximum Gasteiger partial charge on any atom is 0.261 e. The molecule has 290 valence electrons. The van der Waals surface area contributed by atoms with Crippen LogP contribution in [0.1, 0.15) is 75.1 Å². The number of nitrogens with zero attached hydrogens (tertiary/aromatic N) is 3. The minimum Gasteiger partial charge on any atom is -0.392 e. The number of aliphatic hydroxyl groups excluding tert-OH is 1. The summed E-state index contributed by atoms with van der Waals surface area (Å²) in [6.45, 7) is 5.10. The minimum absolute atomic E-state index is 0.0239. The van der Waals surface area contributed by atoms with Gasteiger partial charge in [-0.05, 0) is 71.0 Å². The number of rotatable bonds is 9. The smallest absolute Gasteiger partial charge is 0.261 e. The molecule has 4 aliphatic rings. The number of benzene rings is 5. The summed E-state index contributed by atoms with van der Waals surface area (Å²) in [5.74, 6) is -0.413. The number of ether oxygens (including phenoxy) is 2. The van der Waals surface area contributed by atoms with Crippen LogP contribution in [-0.4, -0.2) is 70.6 Å². The molecular formula is C47H46N4O6. The highest BCUT2D eigenvalue weighted by molar-refractivity contribution is 6.21. The largest absolute Gasteiger partial charge is 0.392 e. The van der Waals surface area contributed by atoms with Crippen molar-refractivity contribution in [3.63, 3.8) is 0 Å². The van der Waals surface area contributed by atoms with Gasteiger partial charge in [0.25, 0.3) is 11.8 Å². The number of aliphatic hydroxyl groups is 1. The Balaban J connectivity index is 0.919. The van der Waals surface area contributed by atoms with E-state index in [-0.39, 0.29) is 49.0 Å². The number of piperidine rings is 1. The molecule has 0 aliphatic carbocycles. The lowest BCUT2D eigenvalue weighted by atomic mass is 9.84. The molecule has 5 aromatic carbocycles. The van der Waals surface area contributed by atoms with Gasteiger partial charge in [-0.15, -0.1) is 0 Å². The van der Waals surface area contributed by atoms with Crippen molar-refractivity contribution in [2.75, 3.05) is 31.2 Å². The van der Waals surface area contributed by atoms with Gasteiger partial charge in [-0.25, -0.2) is 0 Å². The molecular weight excluding hydrogens is 717 g/mol. The van der Waals surface area contributed by atoms with Crippen molar-refractivity contribution in [2.45, 2.75) is 57.0 Å². The fourth-order valence-electron chi connectivity index (χ4n) is 8.97. The molecule has 4 heterocycles. The first-order valence-electron chi connectivity index (χ1n) is 19.8. The van der Waals surface area contributed by atoms with Gasteiger partial charge in [-0.2, -0.15) is 0 Å². The van der Waals surface area contributed by atoms with Gasteiger partial charge in [-0.3, -0.25) is 19.3 Å². The maximum atomic E-state index is 13.3. The van der Waals surface area contributed by atoms with E-state index in [1.54, 1.807) is 24.3 Å². The number of hydrogen-bond donors (Lipinski definition) is 2. The summed E-state index contributed by atoms with van der Waals surface area (Å²) >= 11 is 0. The van der Waals surface area contributed by atoms with Crippen molar-refractivity contribution in [3.8, 4) is 11.1 Å². The van der Waals surface area contributed by atoms with Gasteiger partial charge >= 0.3 is 0 Å². The molecule has 3 amide bonds. The van der Waals surface area contributed by atoms with Crippen LogP contribution in [0.5, 0.6) is 0 Å². The van der Waals surface area contributed by atoms with Crippen LogP contribution in [0.25, 0.3) is 11.1 Å². The Labute approximate surface area is 332 Å². The second kappa shape index (κ2) is 15.4. The van der Waals surface area contributed by atoms with Gasteiger partial charge in [0.05, 0.1) is 43.2 Å². The number of carbonyl (C=O) groups is 3. The zero-order valence-corrected chi connectivity index (χ0v) is 31.9. The molecule has 4 atom stereocenters. The molecule has 4 aliphatic heterocycles. The van der Waals surface area contributed by atoms with E-state index in [0.29, 0.717) is 24.3 Å². The molecule has 10 nitrogen and oxygen atoms in total. The highest BCUT2D eigenvalue weighted by atomic mass is 16.7. The van der Waals surface area contributed by atoms with E-state index in [2.05, 4.69) is 46.3 Å². The topological polar surface area (TPSA) is 112 Å². The number of para-hydroxylation sites is 1. The summed E-state index contributed by atoms with van der Waals surface area (Å²) < 4.78 is 13.6. The summed E-state index contributed by atoms with van der Waals surface area (Å²) in [5, 5.41) is 12.8. The second-order valence-corrected chi connectivity index (χ2v) is 15.6. The summed E-state index contributed by atoms with van der Waals surface area (Å²) in [6.07, 6.45) is 0.434. The molecule has 0 saturated carbocycles. The summed E-state index contributed by atoms with van der Waals surface area (Å²) in [5.41, 5.74) is 6.98. The summed E-state index contributed by atoms with van der Waals surface area (Å²) in [6, 6.07) is 41.2. The van der Waals surface area contributed by atoms with Gasteiger partial charge in [0, 0.05) is 36.8 Å². The predicted molar refractivity (Wildman–Crippen MR) is 216 cm³/mol. The average Bonchev–Trinajstić information content (AvgIpc) is 3.70. The Hall–Kier alpha value is -5.65. The van der Waals surface area contributed by atoms with E-state index < -0.39 is 11.8 Å². The molecule has 10 heteroatoms. The average molecular weight is 763 g/mol. The van der Waals surface area contributed by atoms with Crippen molar-refractivity contribution in [3.05, 3.63) is 161 Å². The van der Waals surface area contributed by atoms with E-state index >= 15 is 0 Å². The molecule has 3 saturated heterocycles. The SMILES string of the molecule is C[C@H]1[C@@H](CN2CCC3(CC2)C(=O)NCN3c2ccccc2)O[C@@H](c2ccc(-c3cccc(CN4C(=O)c5ccccc5C4=O)c3)cc2)O[C@H]1c1ccc(CO)cc1. The van der Waals surface area contributed by atoms with E-state index in [0.717, 1.165) is 65.0 Å². The number of amides is 3. The number of anilines is 1. The van der Waals surface area contributed by atoms with Crippen molar-refractivity contribution in [1.82, 2.24) is 15.1 Å². The first kappa shape index (κ1) is 37.0. The maximum absolute atomic E-state index is 13.3. The fraction of sp³-hybridized carbons (Fsp3) is 0.298. The van der Waals surface area contributed by atoms with E-state index in [1.807, 2.05) is 78.9 Å². The Bertz CT molecular complexity index is 2240. The van der Waals surface area contributed by atoms with Crippen molar-refractivity contribution in [2.24, 2.45) is 5.92 Å². The quantitative estimate of drug-likeness (QED) is 0.157. The van der Waals surface area contributed by atoms with Crippen molar-refractivity contribution in [1.29, 1.82) is 0 Å². The van der Waals surface area contributed by atoms with Crippen LogP contribution in [0, 0.1) is 5.92 Å². The van der Waals surface area contributed by atoms with Crippen molar-refractivity contribution >= 4 is 23.4 Å². The summed E-state index contributed by atoms with van der Waals surface area (Å²) in [7, 11) is 0. The Morgan fingerprint density at radius 3 is 2.07 bits per heavy atom. The molecule has 1 spiro atoms. The highest BCUT2D eigenvalue weighted by Gasteiger charge is 2.51. The van der Waals surface area contributed by atoms with Gasteiger partial charge in [0.2, 0.25) is 5.91 Å². The number of imide groups is 1. The van der Waals surface area contributed by atoms with E-state index in [4.69, 9.17) is 9.47 Å². The molecule has 0 radical (unpaired) electrons. The van der Waals surface area contributed by atoms with Crippen LogP contribution in [0.4, 0.5) is 5.69 Å². The second-order valence-electron chi connectivity index (χ2n) is 15.6. The first-order valence-corrected chi connectivity index (χ1v) is 19.8. The van der Waals surface area contributed by atoms with Gasteiger partial charge in [0.15, 0.2) is 6.29 Å². The first-order chi connectivity index (χ1) is 27.8. The molecule has 5 aromatic rings. The van der Waals surface area contributed by atoms with Crippen LogP contribution in [-0.2, 0) is 27.4 Å². The number of likely N-dealkylation sites (tertiary alicyclic amines) is 1. The number of carbonyl (C=O) groups excluding carboxylic acids is 3. The van der Waals surface area contributed by atoms with Gasteiger partial charge in [0.1, 0.15) is 5.54 Å². The number of fused-ring (bicyclic) bond motifs is 1. The van der Waals surface area contributed by atoms with Crippen LogP contribution in [0.2, 0.25) is 0 Å². The van der Waals surface area contributed by atoms with E-state index in [9.17, 15) is 19.5 Å². The third-order valence-corrected chi connectivity index (χ3v) is 12.3. The highest BCUT2D eigenvalue weighted by Crippen LogP contribution is 2.43. The molecule has 0 bridgehead atoms. The lowest BCUT2D eigenvalue weighted by molar-refractivity contribution is -0.276. The molecule has 2 N–H and O–H groups in total. The zero-order chi connectivity index (χ0) is 39.1. The molecule has 9 rings (SSSR count). The molecule has 3 fully saturated rings. The molecule has 0 unspecified atom stereocenters. The van der Waals surface area contributed by atoms with Crippen LogP contribution < -0.4 is 10.2 Å². The number of nitrogens with one attached hydrogen (secondary N) is 1. The van der Waals surface area contributed by atoms with Gasteiger partial charge in [-0.1, -0.05) is 104 Å². The normalized spacial score (nSPS) is 23.2. The standard InChI is InChI=1S/C47H46N4O6/c1-31-41(28-49-24-22-47(23-25-49)46(55)48-30-51(47)38-10-3-2-4-11-38)56-45(57-42(31)35-16-14-32(29-52)15-17-35)36-20-18-34(19-21-36)37-9-7-8-33(26-37)27-50-43(53)39-12-5-6-13-40(39)44(50)54/h2-21,26,31,41-42,45,52H,22-25,27-30H2,1H3,(H,48,55)/t31-,41+,42+,45+/m0/s1. The Morgan fingerprint density at radius 2 is 1.39 bits per heavy atom. The van der Waals surface area contributed by atoms with Gasteiger partial charge < -0.3 is 29.7 Å². The minimum atomic E-state index is -0.617. The lowest BCUT2D eigenvalue weighted by Gasteiger charge is -2.46. The predicted octanol–water partition coefficient (Wildman–Crippen LogP) is 6.86. The van der Waals surface area contributed by atoms with Crippen LogP contribution >= 0.6 is 0 Å². The molecule has 57 heavy (non-hydrogen) atoms. The Morgan fingerprint density at radius 1 is 0.719 bits per heavy atom. The van der Waals surface area contributed by atoms with Crippen molar-refractivity contribution < 1.29 is 29.0 Å². The lowest BCUT2D eigenvalue weighted by Crippen LogP contribution is -2.57. The van der Waals surface area contributed by atoms with E-state index in [1.165, 1.54) is 4.90 Å². The van der Waals surface area contributed by atoms with Crippen LogP contribution in [0.3, 0.4) is 0 Å². The van der Waals surface area contributed by atoms with Crippen LogP contribution in [0.15, 0.2) is 127 Å². The number of hydrogen-bond acceptors (Lipinski definition) is 8. The monoisotopic (exact) mass is 762 g/mol. The zero-order valence-electron chi connectivity index (χ0n) is 31.9. The third-order valence-electron chi connectivity index (χ3n) is 12.3.